The largest absolute Gasteiger partial charge is 0.436 e. The monoisotopic (exact) mass is 244 g/mol. The van der Waals surface area contributed by atoms with Crippen LogP contribution in [0.3, 0.4) is 0 Å². The number of aromatic nitrogens is 1. The SMILES string of the molecule is Nc1sc(-c2ccccc2)nc1C(F)(F)F. The molecule has 2 nitrogen and oxygen atoms in total. The summed E-state index contributed by atoms with van der Waals surface area (Å²) in [4.78, 5) is 3.52. The van der Waals surface area contributed by atoms with Gasteiger partial charge in [0.05, 0.1) is 0 Å². The smallest absolute Gasteiger partial charge is 0.389 e. The minimum absolute atomic E-state index is 0.283. The first kappa shape index (κ1) is 10.9. The molecule has 0 aliphatic heterocycles. The predicted octanol–water partition coefficient (Wildman–Crippen LogP) is 3.41. The number of thiazole rings is 1. The molecular weight excluding hydrogens is 237 g/mol. The number of nitrogen functional groups attached to an aromatic ring is 1. The number of hydrogen-bond acceptors (Lipinski definition) is 3. The van der Waals surface area contributed by atoms with Crippen molar-refractivity contribution in [1.29, 1.82) is 0 Å². The van der Waals surface area contributed by atoms with Crippen LogP contribution in [0.1, 0.15) is 5.69 Å². The quantitative estimate of drug-likeness (QED) is 0.834. The number of nitrogens with two attached hydrogens (primary N) is 1. The topological polar surface area (TPSA) is 38.9 Å². The highest BCUT2D eigenvalue weighted by Gasteiger charge is 2.36. The van der Waals surface area contributed by atoms with Crippen molar-refractivity contribution >= 4 is 16.3 Å². The molecule has 0 spiro atoms. The number of halogens is 3. The van der Waals surface area contributed by atoms with Crippen molar-refractivity contribution in [2.24, 2.45) is 0 Å². The Kier molecular flexibility index (Phi) is 2.59. The molecular formula is C10H7F3N2S. The maximum Gasteiger partial charge on any atom is 0.436 e. The maximum absolute atomic E-state index is 12.4. The van der Waals surface area contributed by atoms with Gasteiger partial charge >= 0.3 is 6.18 Å². The van der Waals surface area contributed by atoms with Gasteiger partial charge in [-0.25, -0.2) is 4.98 Å². The molecule has 16 heavy (non-hydrogen) atoms. The second kappa shape index (κ2) is 3.79. The van der Waals surface area contributed by atoms with Crippen LogP contribution in [0.2, 0.25) is 0 Å². The van der Waals surface area contributed by atoms with Gasteiger partial charge in [0.1, 0.15) is 10.0 Å². The van der Waals surface area contributed by atoms with Crippen molar-refractivity contribution in [3.8, 4) is 10.6 Å². The molecule has 0 aliphatic rings. The number of anilines is 1. The van der Waals surface area contributed by atoms with E-state index in [1.54, 1.807) is 30.3 Å². The van der Waals surface area contributed by atoms with E-state index < -0.39 is 11.9 Å². The Morgan fingerprint density at radius 3 is 2.25 bits per heavy atom. The number of benzene rings is 1. The fourth-order valence-electron chi connectivity index (χ4n) is 1.24. The Hall–Kier alpha value is -1.56. The van der Waals surface area contributed by atoms with Crippen LogP contribution in [0.5, 0.6) is 0 Å². The third kappa shape index (κ3) is 2.01. The number of nitrogens with zero attached hydrogens (tertiary/aromatic N) is 1. The molecule has 1 heterocycles. The van der Waals surface area contributed by atoms with Gasteiger partial charge in [-0.2, -0.15) is 13.2 Å². The summed E-state index contributed by atoms with van der Waals surface area (Å²) in [6.45, 7) is 0. The van der Waals surface area contributed by atoms with Crippen LogP contribution in [-0.2, 0) is 6.18 Å². The Balaban J connectivity index is 2.47. The molecule has 0 amide bonds. The van der Waals surface area contributed by atoms with E-state index in [1.165, 1.54) is 0 Å². The lowest BCUT2D eigenvalue weighted by Crippen LogP contribution is -2.08. The summed E-state index contributed by atoms with van der Waals surface area (Å²) >= 11 is 0.841. The fraction of sp³-hybridized carbons (Fsp3) is 0.100. The van der Waals surface area contributed by atoms with Gasteiger partial charge in [-0.15, -0.1) is 0 Å². The van der Waals surface area contributed by atoms with Crippen molar-refractivity contribution in [2.45, 2.75) is 6.18 Å². The number of rotatable bonds is 1. The van der Waals surface area contributed by atoms with Crippen LogP contribution in [0.25, 0.3) is 10.6 Å². The van der Waals surface area contributed by atoms with E-state index in [-0.39, 0.29) is 10.0 Å². The van der Waals surface area contributed by atoms with Crippen LogP contribution >= 0.6 is 11.3 Å². The van der Waals surface area contributed by atoms with E-state index in [0.29, 0.717) is 5.56 Å². The molecule has 1 aromatic heterocycles. The van der Waals surface area contributed by atoms with Crippen LogP contribution in [-0.4, -0.2) is 4.98 Å². The second-order valence-corrected chi connectivity index (χ2v) is 4.13. The summed E-state index contributed by atoms with van der Waals surface area (Å²) in [5.74, 6) is 0. The molecule has 2 rings (SSSR count). The molecule has 0 aliphatic carbocycles. The van der Waals surface area contributed by atoms with Crippen molar-refractivity contribution in [2.75, 3.05) is 5.73 Å². The molecule has 0 saturated heterocycles. The zero-order valence-electron chi connectivity index (χ0n) is 7.95. The second-order valence-electron chi connectivity index (χ2n) is 3.10. The zero-order valence-corrected chi connectivity index (χ0v) is 8.77. The standard InChI is InChI=1S/C10H7F3N2S/c11-10(12,13)7-8(14)16-9(15-7)6-4-2-1-3-5-6/h1-5H,14H2. The minimum Gasteiger partial charge on any atom is -0.389 e. The lowest BCUT2D eigenvalue weighted by Gasteiger charge is -2.01. The molecule has 0 atom stereocenters. The Morgan fingerprint density at radius 2 is 1.75 bits per heavy atom. The van der Waals surface area contributed by atoms with Crippen molar-refractivity contribution in [3.63, 3.8) is 0 Å². The summed E-state index contributed by atoms with van der Waals surface area (Å²) in [5, 5.41) is -0.0169. The lowest BCUT2D eigenvalue weighted by molar-refractivity contribution is -0.140. The van der Waals surface area contributed by atoms with Gasteiger partial charge in [0.25, 0.3) is 0 Å². The first-order chi connectivity index (χ1) is 7.48. The van der Waals surface area contributed by atoms with E-state index in [4.69, 9.17) is 5.73 Å². The molecule has 1 aromatic carbocycles. The van der Waals surface area contributed by atoms with E-state index in [9.17, 15) is 13.2 Å². The summed E-state index contributed by atoms with van der Waals surface area (Å²) in [5.41, 5.74) is 4.93. The summed E-state index contributed by atoms with van der Waals surface area (Å²) < 4.78 is 37.3. The van der Waals surface area contributed by atoms with Gasteiger partial charge in [0, 0.05) is 5.56 Å². The normalized spacial score (nSPS) is 11.7. The van der Waals surface area contributed by atoms with Crippen LogP contribution in [0, 0.1) is 0 Å². The summed E-state index contributed by atoms with van der Waals surface area (Å²) in [6, 6.07) is 8.64. The summed E-state index contributed by atoms with van der Waals surface area (Å²) in [6.07, 6.45) is -4.49. The number of hydrogen-bond donors (Lipinski definition) is 1. The van der Waals surface area contributed by atoms with Gasteiger partial charge in [0.15, 0.2) is 5.69 Å². The molecule has 0 fully saturated rings. The average molecular weight is 244 g/mol. The van der Waals surface area contributed by atoms with Crippen LogP contribution in [0.4, 0.5) is 18.2 Å². The molecule has 6 heteroatoms. The zero-order chi connectivity index (χ0) is 11.8. The first-order valence-corrected chi connectivity index (χ1v) is 5.19. The van der Waals surface area contributed by atoms with Gasteiger partial charge in [-0.3, -0.25) is 0 Å². The summed E-state index contributed by atoms with van der Waals surface area (Å²) in [7, 11) is 0. The van der Waals surface area contributed by atoms with Gasteiger partial charge in [0.2, 0.25) is 0 Å². The van der Waals surface area contributed by atoms with E-state index in [0.717, 1.165) is 11.3 Å². The maximum atomic E-state index is 12.4. The van der Waals surface area contributed by atoms with Crippen molar-refractivity contribution < 1.29 is 13.2 Å². The van der Waals surface area contributed by atoms with Gasteiger partial charge in [-0.05, 0) is 0 Å². The first-order valence-electron chi connectivity index (χ1n) is 4.37. The van der Waals surface area contributed by atoms with Gasteiger partial charge < -0.3 is 5.73 Å². The highest BCUT2D eigenvalue weighted by molar-refractivity contribution is 7.18. The molecule has 0 unspecified atom stereocenters. The average Bonchev–Trinajstić information content (AvgIpc) is 2.61. The van der Waals surface area contributed by atoms with E-state index in [2.05, 4.69) is 4.98 Å². The Bertz CT molecular complexity index is 491. The van der Waals surface area contributed by atoms with Crippen molar-refractivity contribution in [1.82, 2.24) is 4.98 Å². The predicted molar refractivity (Wildman–Crippen MR) is 57.0 cm³/mol. The molecule has 2 aromatic rings. The van der Waals surface area contributed by atoms with E-state index >= 15 is 0 Å². The van der Waals surface area contributed by atoms with Crippen LogP contribution < -0.4 is 5.73 Å². The molecule has 0 radical (unpaired) electrons. The highest BCUT2D eigenvalue weighted by Crippen LogP contribution is 2.39. The van der Waals surface area contributed by atoms with Gasteiger partial charge in [-0.1, -0.05) is 41.7 Å². The Morgan fingerprint density at radius 1 is 1.12 bits per heavy atom. The third-order valence-corrected chi connectivity index (χ3v) is 2.88. The molecule has 0 saturated carbocycles. The fourth-order valence-corrected chi connectivity index (χ4v) is 2.10. The molecule has 0 bridgehead atoms. The molecule has 84 valence electrons. The Labute approximate surface area is 93.5 Å². The van der Waals surface area contributed by atoms with E-state index in [1.807, 2.05) is 0 Å². The third-order valence-electron chi connectivity index (χ3n) is 1.94. The van der Waals surface area contributed by atoms with Crippen molar-refractivity contribution in [3.05, 3.63) is 36.0 Å². The highest BCUT2D eigenvalue weighted by atomic mass is 32.1. The number of alkyl halides is 3. The minimum atomic E-state index is -4.49. The lowest BCUT2D eigenvalue weighted by atomic mass is 10.2. The van der Waals surface area contributed by atoms with Crippen LogP contribution in [0.15, 0.2) is 30.3 Å². The molecule has 2 N–H and O–H groups in total.